The van der Waals surface area contributed by atoms with Gasteiger partial charge in [-0.3, -0.25) is 0 Å². The Morgan fingerprint density at radius 2 is 0.600 bits per heavy atom. The molecule has 0 saturated heterocycles. The molecule has 0 heteroatoms. The summed E-state index contributed by atoms with van der Waals surface area (Å²) in [5, 5.41) is 0. The van der Waals surface area contributed by atoms with Crippen molar-refractivity contribution in [1.82, 2.24) is 0 Å². The third-order valence-electron chi connectivity index (χ3n) is 5.48. The van der Waals surface area contributed by atoms with Gasteiger partial charge in [0, 0.05) is 0 Å². The van der Waals surface area contributed by atoms with Crippen LogP contribution in [0.25, 0.3) is 44.5 Å². The van der Waals surface area contributed by atoms with E-state index in [1.54, 1.807) is 0 Å². The van der Waals surface area contributed by atoms with Crippen molar-refractivity contribution >= 4 is 0 Å². The highest BCUT2D eigenvalue weighted by atomic mass is 14.2. The Morgan fingerprint density at radius 3 is 1.00 bits per heavy atom. The topological polar surface area (TPSA) is 0 Å². The fourth-order valence-electron chi connectivity index (χ4n) is 4.05. The lowest BCUT2D eigenvalue weighted by molar-refractivity contribution is 1.54. The van der Waals surface area contributed by atoms with Gasteiger partial charge < -0.3 is 0 Å². The molecule has 0 unspecified atom stereocenters. The Kier molecular flexibility index (Phi) is 4.98. The van der Waals surface area contributed by atoms with Gasteiger partial charge in [0.2, 0.25) is 0 Å². The van der Waals surface area contributed by atoms with Crippen LogP contribution in [0.2, 0.25) is 0 Å². The van der Waals surface area contributed by atoms with Gasteiger partial charge in [0.1, 0.15) is 0 Å². The molecule has 0 saturated carbocycles. The largest absolute Gasteiger partial charge is 0.0622 e. The van der Waals surface area contributed by atoms with E-state index in [9.17, 15) is 0 Å². The molecule has 5 aromatic rings. The zero-order valence-corrected chi connectivity index (χ0v) is 16.7. The lowest BCUT2D eigenvalue weighted by atomic mass is 9.85. The molecule has 0 fully saturated rings. The van der Waals surface area contributed by atoms with Crippen LogP contribution in [-0.4, -0.2) is 0 Å². The maximum Gasteiger partial charge on any atom is -0.00264 e. The Morgan fingerprint density at radius 1 is 0.267 bits per heavy atom. The predicted octanol–water partition coefficient (Wildman–Crippen LogP) is 8.35. The molecule has 0 heterocycles. The van der Waals surface area contributed by atoms with Crippen LogP contribution in [0.4, 0.5) is 0 Å². The van der Waals surface area contributed by atoms with Crippen molar-refractivity contribution in [1.29, 1.82) is 0 Å². The van der Waals surface area contributed by atoms with Gasteiger partial charge in [-0.25, -0.2) is 0 Å². The molecule has 0 amide bonds. The van der Waals surface area contributed by atoms with E-state index in [4.69, 9.17) is 0 Å². The van der Waals surface area contributed by atoms with E-state index < -0.39 is 0 Å². The summed E-state index contributed by atoms with van der Waals surface area (Å²) in [6, 6.07) is 47.4. The van der Waals surface area contributed by atoms with Gasteiger partial charge in [-0.05, 0) is 56.6 Å². The van der Waals surface area contributed by atoms with Gasteiger partial charge in [0.15, 0.2) is 0 Å². The van der Waals surface area contributed by atoms with E-state index in [2.05, 4.69) is 133 Å². The Balaban J connectivity index is 1.88. The van der Waals surface area contributed by atoms with Crippen LogP contribution in [0, 0.1) is 0 Å². The van der Waals surface area contributed by atoms with Crippen molar-refractivity contribution in [3.8, 4) is 44.5 Å². The fraction of sp³-hybridized carbons (Fsp3) is 0. The molecule has 142 valence electrons. The molecule has 0 aromatic heterocycles. The summed E-state index contributed by atoms with van der Waals surface area (Å²) >= 11 is 0. The summed E-state index contributed by atoms with van der Waals surface area (Å²) < 4.78 is 0. The third kappa shape index (κ3) is 3.56. The molecule has 0 radical (unpaired) electrons. The summed E-state index contributed by atoms with van der Waals surface area (Å²) in [4.78, 5) is 0. The van der Waals surface area contributed by atoms with Crippen LogP contribution in [0.15, 0.2) is 133 Å². The number of rotatable bonds is 4. The molecule has 5 aromatic carbocycles. The molecule has 0 nitrogen and oxygen atoms in total. The quantitative estimate of drug-likeness (QED) is 0.293. The number of hydrogen-bond donors (Lipinski definition) is 0. The van der Waals surface area contributed by atoms with Crippen LogP contribution in [0.3, 0.4) is 0 Å². The smallest absolute Gasteiger partial charge is 0.00264 e. The van der Waals surface area contributed by atoms with Gasteiger partial charge in [-0.2, -0.15) is 0 Å². The Bertz CT molecular complexity index is 1180. The highest BCUT2D eigenvalue weighted by Crippen LogP contribution is 2.43. The van der Waals surface area contributed by atoms with Crippen LogP contribution >= 0.6 is 0 Å². The summed E-state index contributed by atoms with van der Waals surface area (Å²) in [5.41, 5.74) is 9.92. The zero-order chi connectivity index (χ0) is 20.2. The molecule has 0 aliphatic rings. The van der Waals surface area contributed by atoms with E-state index in [1.165, 1.54) is 44.5 Å². The maximum absolute atomic E-state index is 2.33. The maximum atomic E-state index is 2.33. The van der Waals surface area contributed by atoms with Gasteiger partial charge in [-0.15, -0.1) is 0 Å². The predicted molar refractivity (Wildman–Crippen MR) is 128 cm³/mol. The van der Waals surface area contributed by atoms with E-state index in [0.717, 1.165) is 0 Å². The zero-order valence-electron chi connectivity index (χ0n) is 16.7. The second kappa shape index (κ2) is 8.23. The number of benzene rings is 5. The fourth-order valence-corrected chi connectivity index (χ4v) is 4.05. The van der Waals surface area contributed by atoms with Crippen LogP contribution < -0.4 is 0 Å². The minimum atomic E-state index is 1.23. The minimum Gasteiger partial charge on any atom is -0.0622 e. The van der Waals surface area contributed by atoms with Crippen molar-refractivity contribution in [2.24, 2.45) is 0 Å². The Labute approximate surface area is 178 Å². The molecule has 0 bridgehead atoms. The van der Waals surface area contributed by atoms with Crippen LogP contribution in [0.1, 0.15) is 0 Å². The Hall–Kier alpha value is -3.90. The molecule has 0 aliphatic carbocycles. The molecule has 0 N–H and O–H groups in total. The molecular formula is C30H22. The lowest BCUT2D eigenvalue weighted by Crippen LogP contribution is -1.93. The van der Waals surface area contributed by atoms with Gasteiger partial charge in [-0.1, -0.05) is 121 Å². The highest BCUT2D eigenvalue weighted by Gasteiger charge is 2.16. The lowest BCUT2D eigenvalue weighted by Gasteiger charge is -2.19. The standard InChI is InChI=1S/C30H22/c1-5-13-23(14-6-1)27-21-28(24-15-7-2-8-16-24)30(26-19-11-4-12-20-26)29(22-27)25-17-9-3-10-18-25/h1-22H. The summed E-state index contributed by atoms with van der Waals surface area (Å²) in [6.07, 6.45) is 0. The van der Waals surface area contributed by atoms with E-state index in [1.807, 2.05) is 0 Å². The van der Waals surface area contributed by atoms with E-state index in [0.29, 0.717) is 0 Å². The average Bonchev–Trinajstić information content (AvgIpc) is 2.85. The van der Waals surface area contributed by atoms with Gasteiger partial charge in [0.25, 0.3) is 0 Å². The first-order valence-corrected chi connectivity index (χ1v) is 10.3. The summed E-state index contributed by atoms with van der Waals surface area (Å²) in [5.74, 6) is 0. The van der Waals surface area contributed by atoms with E-state index >= 15 is 0 Å². The monoisotopic (exact) mass is 382 g/mol. The number of hydrogen-bond acceptors (Lipinski definition) is 0. The van der Waals surface area contributed by atoms with Crippen LogP contribution in [-0.2, 0) is 0 Å². The van der Waals surface area contributed by atoms with Crippen molar-refractivity contribution in [2.75, 3.05) is 0 Å². The van der Waals surface area contributed by atoms with Crippen LogP contribution in [0.5, 0.6) is 0 Å². The molecular weight excluding hydrogens is 360 g/mol. The average molecular weight is 383 g/mol. The first-order valence-electron chi connectivity index (χ1n) is 10.3. The second-order valence-corrected chi connectivity index (χ2v) is 7.41. The van der Waals surface area contributed by atoms with Gasteiger partial charge in [0.05, 0.1) is 0 Å². The SMILES string of the molecule is c1ccc(-c2cc(-c3ccccc3)c(-c3ccccc3)c(-c3ccccc3)c2)cc1. The first kappa shape index (κ1) is 18.1. The normalized spacial score (nSPS) is 10.7. The minimum absolute atomic E-state index is 1.23. The highest BCUT2D eigenvalue weighted by molar-refractivity contribution is 5.97. The molecule has 30 heavy (non-hydrogen) atoms. The van der Waals surface area contributed by atoms with Crippen molar-refractivity contribution < 1.29 is 0 Å². The second-order valence-electron chi connectivity index (χ2n) is 7.41. The molecule has 0 atom stereocenters. The first-order chi connectivity index (χ1) is 14.9. The third-order valence-corrected chi connectivity index (χ3v) is 5.48. The summed E-state index contributed by atoms with van der Waals surface area (Å²) in [6.45, 7) is 0. The van der Waals surface area contributed by atoms with Crippen molar-refractivity contribution in [2.45, 2.75) is 0 Å². The molecule has 0 aliphatic heterocycles. The molecule has 0 spiro atoms. The summed E-state index contributed by atoms with van der Waals surface area (Å²) in [7, 11) is 0. The molecule has 5 rings (SSSR count). The van der Waals surface area contributed by atoms with E-state index in [-0.39, 0.29) is 0 Å². The van der Waals surface area contributed by atoms with Crippen molar-refractivity contribution in [3.05, 3.63) is 133 Å². The van der Waals surface area contributed by atoms with Crippen molar-refractivity contribution in [3.63, 3.8) is 0 Å². The van der Waals surface area contributed by atoms with Gasteiger partial charge >= 0.3 is 0 Å².